The Balaban J connectivity index is 1.68. The molecule has 0 radical (unpaired) electrons. The zero-order valence-corrected chi connectivity index (χ0v) is 12.5. The molecule has 0 fully saturated rings. The fourth-order valence-electron chi connectivity index (χ4n) is 2.15. The van der Waals surface area contributed by atoms with Gasteiger partial charge in [0.15, 0.2) is 0 Å². The van der Waals surface area contributed by atoms with E-state index in [1.807, 2.05) is 22.6 Å². The van der Waals surface area contributed by atoms with Crippen LogP contribution in [0.4, 0.5) is 0 Å². The molecular formula is C13H14BrN3S. The maximum absolute atomic E-state index is 4.19. The predicted molar refractivity (Wildman–Crippen MR) is 77.2 cm³/mol. The number of fused-ring (bicyclic) bond motifs is 1. The third kappa shape index (κ3) is 2.47. The van der Waals surface area contributed by atoms with Gasteiger partial charge >= 0.3 is 0 Å². The quantitative estimate of drug-likeness (QED) is 0.810. The average molecular weight is 324 g/mol. The Bertz CT molecular complexity index is 528. The maximum atomic E-state index is 4.19. The number of benzene rings is 1. The predicted octanol–water partition coefficient (Wildman–Crippen LogP) is 3.45. The van der Waals surface area contributed by atoms with E-state index in [1.54, 1.807) is 0 Å². The first-order chi connectivity index (χ1) is 8.72. The van der Waals surface area contributed by atoms with Gasteiger partial charge in [-0.1, -0.05) is 39.3 Å². The Kier molecular flexibility index (Phi) is 3.43. The number of hydrogen-bond donors (Lipinski definition) is 0. The molecule has 3 rings (SSSR count). The molecule has 2 aromatic rings. The zero-order chi connectivity index (χ0) is 12.5. The Morgan fingerprint density at radius 1 is 1.50 bits per heavy atom. The molecule has 0 spiro atoms. The Morgan fingerprint density at radius 2 is 2.33 bits per heavy atom. The molecule has 0 saturated carbocycles. The van der Waals surface area contributed by atoms with Crippen molar-refractivity contribution >= 4 is 27.7 Å². The smallest absolute Gasteiger partial charge is 0.0960 e. The zero-order valence-electron chi connectivity index (χ0n) is 10.1. The van der Waals surface area contributed by atoms with Gasteiger partial charge in [0.05, 0.1) is 17.1 Å². The summed E-state index contributed by atoms with van der Waals surface area (Å²) in [5.41, 5.74) is 2.46. The normalized spacial score (nSPS) is 19.8. The van der Waals surface area contributed by atoms with E-state index in [2.05, 4.69) is 57.4 Å². The van der Waals surface area contributed by atoms with E-state index in [1.165, 1.54) is 10.5 Å². The average Bonchev–Trinajstić information content (AvgIpc) is 2.94. The highest BCUT2D eigenvalue weighted by Gasteiger charge is 2.22. The SMILES string of the molecule is CC(Br)c1cn(CC2Cc3ccccc3S2)nn1. The minimum absolute atomic E-state index is 0.264. The fraction of sp³-hybridized carbons (Fsp3) is 0.385. The molecular weight excluding hydrogens is 310 g/mol. The van der Waals surface area contributed by atoms with Gasteiger partial charge in [0.1, 0.15) is 0 Å². The molecule has 0 N–H and O–H groups in total. The summed E-state index contributed by atoms with van der Waals surface area (Å²) in [7, 11) is 0. The van der Waals surface area contributed by atoms with Gasteiger partial charge in [-0.2, -0.15) is 0 Å². The lowest BCUT2D eigenvalue weighted by Gasteiger charge is -2.07. The molecule has 0 aliphatic carbocycles. The molecule has 3 nitrogen and oxygen atoms in total. The first kappa shape index (κ1) is 12.2. The molecule has 18 heavy (non-hydrogen) atoms. The van der Waals surface area contributed by atoms with E-state index in [0.717, 1.165) is 18.7 Å². The van der Waals surface area contributed by atoms with Crippen molar-refractivity contribution in [2.45, 2.75) is 34.9 Å². The maximum Gasteiger partial charge on any atom is 0.0960 e. The Labute approximate surface area is 119 Å². The van der Waals surface area contributed by atoms with Crippen LogP contribution in [-0.2, 0) is 13.0 Å². The van der Waals surface area contributed by atoms with Crippen molar-refractivity contribution in [1.29, 1.82) is 0 Å². The number of aromatic nitrogens is 3. The van der Waals surface area contributed by atoms with Crippen LogP contribution in [0.3, 0.4) is 0 Å². The molecule has 1 aromatic heterocycles. The number of rotatable bonds is 3. The van der Waals surface area contributed by atoms with E-state index in [0.29, 0.717) is 5.25 Å². The standard InChI is InChI=1S/C13H14BrN3S/c1-9(14)12-8-17(16-15-12)7-11-6-10-4-2-3-5-13(10)18-11/h2-5,8-9,11H,6-7H2,1H3. The minimum Gasteiger partial charge on any atom is -0.251 e. The molecule has 1 aliphatic rings. The summed E-state index contributed by atoms with van der Waals surface area (Å²) in [6, 6.07) is 8.64. The lowest BCUT2D eigenvalue weighted by atomic mass is 10.1. The van der Waals surface area contributed by atoms with E-state index in [9.17, 15) is 0 Å². The second kappa shape index (κ2) is 5.05. The fourth-order valence-corrected chi connectivity index (χ4v) is 3.67. The summed E-state index contributed by atoms with van der Waals surface area (Å²) in [6.07, 6.45) is 3.16. The largest absolute Gasteiger partial charge is 0.251 e. The summed E-state index contributed by atoms with van der Waals surface area (Å²) < 4.78 is 1.96. The second-order valence-electron chi connectivity index (χ2n) is 4.53. The lowest BCUT2D eigenvalue weighted by Crippen LogP contribution is -2.12. The molecule has 0 bridgehead atoms. The molecule has 2 atom stereocenters. The van der Waals surface area contributed by atoms with Gasteiger partial charge in [-0.3, -0.25) is 4.68 Å². The van der Waals surface area contributed by atoms with Crippen LogP contribution in [0.25, 0.3) is 0 Å². The molecule has 1 aromatic carbocycles. The van der Waals surface area contributed by atoms with Crippen molar-refractivity contribution < 1.29 is 0 Å². The Hall–Kier alpha value is -0.810. The number of nitrogens with zero attached hydrogens (tertiary/aromatic N) is 3. The van der Waals surface area contributed by atoms with Gasteiger partial charge in [-0.15, -0.1) is 16.9 Å². The summed E-state index contributed by atoms with van der Waals surface area (Å²) in [5.74, 6) is 0. The highest BCUT2D eigenvalue weighted by Crippen LogP contribution is 2.37. The minimum atomic E-state index is 0.264. The highest BCUT2D eigenvalue weighted by molar-refractivity contribution is 9.09. The van der Waals surface area contributed by atoms with Crippen molar-refractivity contribution in [3.63, 3.8) is 0 Å². The van der Waals surface area contributed by atoms with Crippen molar-refractivity contribution in [3.05, 3.63) is 41.7 Å². The topological polar surface area (TPSA) is 30.7 Å². The van der Waals surface area contributed by atoms with E-state index in [-0.39, 0.29) is 4.83 Å². The van der Waals surface area contributed by atoms with Gasteiger partial charge in [0.25, 0.3) is 0 Å². The Morgan fingerprint density at radius 3 is 3.06 bits per heavy atom. The summed E-state index contributed by atoms with van der Waals surface area (Å²) >= 11 is 5.46. The van der Waals surface area contributed by atoms with Crippen LogP contribution < -0.4 is 0 Å². The van der Waals surface area contributed by atoms with Crippen LogP contribution in [0.5, 0.6) is 0 Å². The molecule has 0 amide bonds. The van der Waals surface area contributed by atoms with Crippen LogP contribution in [0.2, 0.25) is 0 Å². The van der Waals surface area contributed by atoms with Gasteiger partial charge < -0.3 is 0 Å². The van der Waals surface area contributed by atoms with E-state index >= 15 is 0 Å². The third-order valence-corrected chi connectivity index (χ3v) is 4.84. The van der Waals surface area contributed by atoms with Crippen molar-refractivity contribution in [3.8, 4) is 0 Å². The van der Waals surface area contributed by atoms with Gasteiger partial charge in [-0.05, 0) is 25.0 Å². The van der Waals surface area contributed by atoms with Gasteiger partial charge in [0, 0.05) is 16.3 Å². The number of hydrogen-bond acceptors (Lipinski definition) is 3. The molecule has 2 unspecified atom stereocenters. The third-order valence-electron chi connectivity index (χ3n) is 3.07. The monoisotopic (exact) mass is 323 g/mol. The van der Waals surface area contributed by atoms with E-state index in [4.69, 9.17) is 0 Å². The van der Waals surface area contributed by atoms with E-state index < -0.39 is 0 Å². The van der Waals surface area contributed by atoms with Crippen LogP contribution in [0.15, 0.2) is 35.4 Å². The molecule has 2 heterocycles. The van der Waals surface area contributed by atoms with Crippen LogP contribution in [0, 0.1) is 0 Å². The van der Waals surface area contributed by atoms with Crippen molar-refractivity contribution in [2.75, 3.05) is 0 Å². The molecule has 0 saturated heterocycles. The highest BCUT2D eigenvalue weighted by atomic mass is 79.9. The summed E-state index contributed by atoms with van der Waals surface area (Å²) in [5, 5.41) is 8.92. The van der Waals surface area contributed by atoms with Crippen molar-refractivity contribution in [2.24, 2.45) is 0 Å². The van der Waals surface area contributed by atoms with Crippen LogP contribution in [-0.4, -0.2) is 20.2 Å². The van der Waals surface area contributed by atoms with Crippen LogP contribution in [0.1, 0.15) is 23.0 Å². The van der Waals surface area contributed by atoms with Crippen molar-refractivity contribution in [1.82, 2.24) is 15.0 Å². The van der Waals surface area contributed by atoms with Crippen LogP contribution >= 0.6 is 27.7 Å². The molecule has 5 heteroatoms. The van der Waals surface area contributed by atoms with Gasteiger partial charge in [0.2, 0.25) is 0 Å². The number of thioether (sulfide) groups is 1. The number of alkyl halides is 1. The number of halogens is 1. The lowest BCUT2D eigenvalue weighted by molar-refractivity contribution is 0.572. The second-order valence-corrected chi connectivity index (χ2v) is 7.25. The summed E-state index contributed by atoms with van der Waals surface area (Å²) in [6.45, 7) is 2.99. The molecule has 94 valence electrons. The van der Waals surface area contributed by atoms with Gasteiger partial charge in [-0.25, -0.2) is 0 Å². The first-order valence-electron chi connectivity index (χ1n) is 6.01. The molecule has 1 aliphatic heterocycles. The summed E-state index contributed by atoms with van der Waals surface area (Å²) in [4.78, 5) is 1.68. The first-order valence-corrected chi connectivity index (χ1v) is 7.80.